The Labute approximate surface area is 321 Å². The molecule has 1 saturated carbocycles. The monoisotopic (exact) mass is 754 g/mol. The van der Waals surface area contributed by atoms with Crippen LogP contribution in [0.4, 0.5) is 4.79 Å². The smallest absolute Gasteiger partial charge is 0.415 e. The first-order chi connectivity index (χ1) is 26.3. The number of Topliss-reactive ketones (excluding diaryl/α,β-unsaturated/α-hetero) is 1. The van der Waals surface area contributed by atoms with Crippen LogP contribution in [0.1, 0.15) is 57.6 Å². The quantitative estimate of drug-likeness (QED) is 0.250. The summed E-state index contributed by atoms with van der Waals surface area (Å²) in [7, 11) is 1.46. The number of amides is 1. The molecule has 9 atom stereocenters. The molecule has 6 aliphatic rings. The fourth-order valence-electron chi connectivity index (χ4n) is 10.3. The van der Waals surface area contributed by atoms with E-state index in [9.17, 15) is 19.5 Å². The van der Waals surface area contributed by atoms with Gasteiger partial charge in [0.1, 0.15) is 18.3 Å². The Morgan fingerprint density at radius 1 is 1.11 bits per heavy atom. The van der Waals surface area contributed by atoms with Crippen LogP contribution in [-0.4, -0.2) is 89.6 Å². The van der Waals surface area contributed by atoms with Crippen molar-refractivity contribution in [1.82, 2.24) is 4.90 Å². The van der Waals surface area contributed by atoms with Gasteiger partial charge in [-0.1, -0.05) is 56.0 Å². The summed E-state index contributed by atoms with van der Waals surface area (Å²) in [5.74, 6) is -3.16. The van der Waals surface area contributed by atoms with E-state index >= 15 is 0 Å². The molecule has 55 heavy (non-hydrogen) atoms. The third-order valence-electron chi connectivity index (χ3n) is 12.8. The molecule has 4 fully saturated rings. The first-order valence-electron chi connectivity index (χ1n) is 19.2. The number of nitrogens with zero attached hydrogens (tertiary/aromatic N) is 1. The average molecular weight is 755 g/mol. The largest absolute Gasteiger partial charge is 0.493 e. The van der Waals surface area contributed by atoms with E-state index in [1.54, 1.807) is 36.1 Å². The van der Waals surface area contributed by atoms with E-state index < -0.39 is 52.6 Å². The normalized spacial score (nSPS) is 35.7. The van der Waals surface area contributed by atoms with Gasteiger partial charge in [0, 0.05) is 31.0 Å². The highest BCUT2D eigenvalue weighted by Gasteiger charge is 2.79. The molecule has 3 saturated heterocycles. The summed E-state index contributed by atoms with van der Waals surface area (Å²) in [6.45, 7) is 10.9. The molecule has 3 bridgehead atoms. The number of esters is 1. The van der Waals surface area contributed by atoms with Gasteiger partial charge in [-0.25, -0.2) is 4.79 Å². The van der Waals surface area contributed by atoms with Gasteiger partial charge in [0.05, 0.1) is 25.6 Å². The molecule has 1 amide bonds. The van der Waals surface area contributed by atoms with E-state index in [-0.39, 0.29) is 36.7 Å². The van der Waals surface area contributed by atoms with Crippen LogP contribution in [-0.2, 0) is 41.4 Å². The highest BCUT2D eigenvalue weighted by Crippen LogP contribution is 2.68. The summed E-state index contributed by atoms with van der Waals surface area (Å²) in [5, 5.41) is 12.5. The Morgan fingerprint density at radius 2 is 1.89 bits per heavy atom. The number of carbonyl (C=O) groups excluding carboxylic acids is 3. The molecule has 12 heteroatoms. The fraction of sp³-hybridized carbons (Fsp3) is 0.512. The van der Waals surface area contributed by atoms with Crippen LogP contribution in [0, 0.1) is 17.8 Å². The topological polar surface area (TPSA) is 156 Å². The number of benzene rings is 2. The lowest BCUT2D eigenvalue weighted by Crippen LogP contribution is -2.70. The van der Waals surface area contributed by atoms with Crippen LogP contribution in [0.15, 0.2) is 84.0 Å². The molecule has 3 heterocycles. The second kappa shape index (κ2) is 13.7. The number of fused-ring (bicyclic) bond motifs is 2. The minimum absolute atomic E-state index is 0.0658. The van der Waals surface area contributed by atoms with Crippen molar-refractivity contribution in [2.24, 2.45) is 23.5 Å². The zero-order chi connectivity index (χ0) is 38.9. The average Bonchev–Trinajstić information content (AvgIpc) is 3.77. The Balaban J connectivity index is 1.04. The Kier molecular flexibility index (Phi) is 9.36. The number of nitrogens with two attached hydrogens (primary N) is 1. The van der Waals surface area contributed by atoms with Crippen LogP contribution in [0.5, 0.6) is 11.5 Å². The molecular weight excluding hydrogens is 704 g/mol. The highest BCUT2D eigenvalue weighted by atomic mass is 16.9. The number of ketones is 1. The summed E-state index contributed by atoms with van der Waals surface area (Å²) in [6, 6.07) is 14.7. The maximum Gasteiger partial charge on any atom is 0.415 e. The number of carbonyl (C=O) groups is 3. The van der Waals surface area contributed by atoms with E-state index in [0.29, 0.717) is 54.8 Å². The predicted molar refractivity (Wildman–Crippen MR) is 200 cm³/mol. The number of methoxy groups -OCH3 is 1. The van der Waals surface area contributed by atoms with Crippen LogP contribution < -0.4 is 15.2 Å². The van der Waals surface area contributed by atoms with E-state index in [4.69, 9.17) is 34.2 Å². The van der Waals surface area contributed by atoms with Crippen molar-refractivity contribution in [1.29, 1.82) is 0 Å². The zero-order valence-corrected chi connectivity index (χ0v) is 31.9. The third-order valence-corrected chi connectivity index (χ3v) is 12.8. The SMILES string of the molecule is C=C(C)[C@]12C[C@@H](C)[C@@]34O[C@](Cc5ccccc5)(O[C@@H]1[C@@H]3CC(COC(=O)Cc1ccc(OC(=O)N3CCCC3CN)c(OC)c1)=C[C@]1(O)C(=O)C(C)=C[C@@H]41)O2. The lowest BCUT2D eigenvalue weighted by Gasteiger charge is -2.59. The van der Waals surface area contributed by atoms with Crippen molar-refractivity contribution < 1.29 is 47.9 Å². The van der Waals surface area contributed by atoms with E-state index in [0.717, 1.165) is 24.0 Å². The number of likely N-dealkylation sites (tertiary alicyclic amines) is 1. The molecule has 292 valence electrons. The molecule has 3 aliphatic carbocycles. The molecule has 1 unspecified atom stereocenters. The van der Waals surface area contributed by atoms with Gasteiger partial charge in [0.2, 0.25) is 0 Å². The molecule has 2 aromatic carbocycles. The van der Waals surface area contributed by atoms with Crippen molar-refractivity contribution in [3.63, 3.8) is 0 Å². The fourth-order valence-corrected chi connectivity index (χ4v) is 10.3. The van der Waals surface area contributed by atoms with Crippen molar-refractivity contribution in [2.45, 2.75) is 94.2 Å². The van der Waals surface area contributed by atoms with Crippen molar-refractivity contribution >= 4 is 17.8 Å². The summed E-state index contributed by atoms with van der Waals surface area (Å²) < 4.78 is 38.1. The molecule has 0 aromatic heterocycles. The zero-order valence-electron chi connectivity index (χ0n) is 31.9. The maximum absolute atomic E-state index is 13.9. The summed E-state index contributed by atoms with van der Waals surface area (Å²) in [6.07, 6.45) is 5.20. The van der Waals surface area contributed by atoms with Gasteiger partial charge in [-0.05, 0) is 91.5 Å². The molecule has 0 spiro atoms. The number of rotatable bonds is 10. The molecule has 12 nitrogen and oxygen atoms in total. The Morgan fingerprint density at radius 3 is 2.62 bits per heavy atom. The standard InChI is InChI=1S/C43H50N2O10/c1-25(2)41-20-27(4)43-32(38(41)53-42(54-41,55-43)22-28-10-7-6-8-11-28)17-30(21-40(49)35(43)16-26(3)37(40)47)24-51-36(46)19-29-13-14-33(34(18-29)50-5)52-39(48)45-15-9-12-31(45)23-44/h6-8,10-11,13-14,16,18,21,27,31-32,35,38,49H,1,9,12,15,17,19-20,22-24,44H2,2-5H3/t27-,31?,32+,35-,38-,40-,41-,42-,43-/m1/s1. The second-order valence-corrected chi connectivity index (χ2v) is 16.2. The summed E-state index contributed by atoms with van der Waals surface area (Å²) in [4.78, 5) is 41.8. The first kappa shape index (κ1) is 37.6. The van der Waals surface area contributed by atoms with E-state index in [1.807, 2.05) is 43.3 Å². The molecule has 0 radical (unpaired) electrons. The molecule has 2 aromatic rings. The lowest BCUT2D eigenvalue weighted by atomic mass is 9.54. The molecule has 3 aliphatic heterocycles. The van der Waals surface area contributed by atoms with Gasteiger partial charge in [0.15, 0.2) is 22.9 Å². The predicted octanol–water partition coefficient (Wildman–Crippen LogP) is 4.96. The van der Waals surface area contributed by atoms with E-state index in [1.165, 1.54) is 7.11 Å². The van der Waals surface area contributed by atoms with Crippen LogP contribution in [0.25, 0.3) is 0 Å². The van der Waals surface area contributed by atoms with Gasteiger partial charge in [-0.2, -0.15) is 0 Å². The van der Waals surface area contributed by atoms with Gasteiger partial charge in [-0.15, -0.1) is 0 Å². The molecular formula is C43H50N2O10. The minimum Gasteiger partial charge on any atom is -0.493 e. The molecule has 8 rings (SSSR count). The Hall–Kier alpha value is -4.33. The van der Waals surface area contributed by atoms with Crippen LogP contribution in [0.2, 0.25) is 0 Å². The number of aliphatic hydroxyl groups is 1. The molecule has 3 N–H and O–H groups in total. The van der Waals surface area contributed by atoms with Crippen molar-refractivity contribution in [3.8, 4) is 11.5 Å². The van der Waals surface area contributed by atoms with Crippen LogP contribution in [0.3, 0.4) is 0 Å². The second-order valence-electron chi connectivity index (χ2n) is 16.2. The maximum atomic E-state index is 13.9. The van der Waals surface area contributed by atoms with E-state index in [2.05, 4.69) is 13.5 Å². The lowest BCUT2D eigenvalue weighted by molar-refractivity contribution is -0.425. The minimum atomic E-state index is -1.93. The summed E-state index contributed by atoms with van der Waals surface area (Å²) in [5.41, 5.74) is 5.37. The van der Waals surface area contributed by atoms with Gasteiger partial charge in [-0.3, -0.25) is 9.59 Å². The first-order valence-corrected chi connectivity index (χ1v) is 19.2. The number of hydrogen-bond acceptors (Lipinski definition) is 11. The van der Waals surface area contributed by atoms with Gasteiger partial charge < -0.3 is 44.2 Å². The Bertz CT molecular complexity index is 1980. The van der Waals surface area contributed by atoms with Crippen LogP contribution >= 0.6 is 0 Å². The number of ether oxygens (including phenoxy) is 6. The van der Waals surface area contributed by atoms with Crippen molar-refractivity contribution in [3.05, 3.63) is 95.1 Å². The van der Waals surface area contributed by atoms with Gasteiger partial charge in [0.25, 0.3) is 5.97 Å². The highest BCUT2D eigenvalue weighted by molar-refractivity contribution is 6.06. The third kappa shape index (κ3) is 5.96. The van der Waals surface area contributed by atoms with Crippen molar-refractivity contribution in [2.75, 3.05) is 26.8 Å². The van der Waals surface area contributed by atoms with Gasteiger partial charge >= 0.3 is 12.1 Å². The summed E-state index contributed by atoms with van der Waals surface area (Å²) >= 11 is 0. The number of hydrogen-bond donors (Lipinski definition) is 2.